The summed E-state index contributed by atoms with van der Waals surface area (Å²) < 4.78 is 25.9. The molecular weight excluding hydrogens is 334 g/mol. The molecule has 0 aliphatic rings. The summed E-state index contributed by atoms with van der Waals surface area (Å²) in [7, 11) is -3.91. The van der Waals surface area contributed by atoms with Crippen molar-refractivity contribution in [2.45, 2.75) is 28.7 Å². The summed E-state index contributed by atoms with van der Waals surface area (Å²) >= 11 is 1.43. The van der Waals surface area contributed by atoms with Crippen LogP contribution in [0.4, 0.5) is 4.79 Å². The van der Waals surface area contributed by atoms with Crippen molar-refractivity contribution in [3.8, 4) is 0 Å². The van der Waals surface area contributed by atoms with E-state index in [0.717, 1.165) is 4.90 Å². The molecule has 0 unspecified atom stereocenters. The Balaban J connectivity index is 2.09. The normalized spacial score (nSPS) is 11.0. The molecule has 2 rings (SSSR count). The third-order valence-corrected chi connectivity index (χ3v) is 5.10. The summed E-state index contributed by atoms with van der Waals surface area (Å²) in [5.41, 5.74) is 1.17. The fourth-order valence-electron chi connectivity index (χ4n) is 1.69. The lowest BCUT2D eigenvalue weighted by Crippen LogP contribution is -2.39. The monoisotopic (exact) mass is 351 g/mol. The van der Waals surface area contributed by atoms with Crippen LogP contribution in [0.25, 0.3) is 0 Å². The van der Waals surface area contributed by atoms with Gasteiger partial charge >= 0.3 is 6.03 Å². The summed E-state index contributed by atoms with van der Waals surface area (Å²) in [6.45, 7) is 4.05. The van der Waals surface area contributed by atoms with E-state index in [9.17, 15) is 13.2 Å². The molecule has 0 saturated heterocycles. The fraction of sp³-hybridized carbons (Fsp3) is 0.200. The molecule has 1 heterocycles. The third-order valence-electron chi connectivity index (χ3n) is 2.83. The van der Waals surface area contributed by atoms with Gasteiger partial charge in [0.05, 0.1) is 0 Å². The van der Waals surface area contributed by atoms with Crippen molar-refractivity contribution in [2.75, 3.05) is 6.54 Å². The summed E-state index contributed by atoms with van der Waals surface area (Å²) in [4.78, 5) is 16.4. The minimum absolute atomic E-state index is 0.0583. The maximum atomic E-state index is 12.0. The molecule has 0 aliphatic heterocycles. The highest BCUT2D eigenvalue weighted by Gasteiger charge is 2.17. The molecule has 1 aromatic heterocycles. The highest BCUT2D eigenvalue weighted by molar-refractivity contribution is 7.99. The molecule has 23 heavy (non-hydrogen) atoms. The van der Waals surface area contributed by atoms with E-state index in [0.29, 0.717) is 11.6 Å². The number of sulfonamides is 1. The zero-order valence-corrected chi connectivity index (χ0v) is 14.4. The van der Waals surface area contributed by atoms with Gasteiger partial charge in [-0.05, 0) is 38.1 Å². The lowest BCUT2D eigenvalue weighted by atomic mass is 10.2. The Morgan fingerprint density at radius 1 is 1.17 bits per heavy atom. The molecule has 0 radical (unpaired) electrons. The molecular formula is C15H17N3O3S2. The number of pyridine rings is 1. The quantitative estimate of drug-likeness (QED) is 0.864. The van der Waals surface area contributed by atoms with Gasteiger partial charge in [-0.15, -0.1) is 0 Å². The van der Waals surface area contributed by atoms with Gasteiger partial charge in [-0.25, -0.2) is 22.9 Å². The molecule has 2 N–H and O–H groups in total. The van der Waals surface area contributed by atoms with Crippen molar-refractivity contribution >= 4 is 27.8 Å². The smallest absolute Gasteiger partial charge is 0.328 e. The van der Waals surface area contributed by atoms with E-state index in [2.05, 4.69) is 10.3 Å². The van der Waals surface area contributed by atoms with Crippen molar-refractivity contribution in [1.82, 2.24) is 15.0 Å². The zero-order chi connectivity index (χ0) is 16.9. The SMILES string of the molecule is CCNC(=O)NS(=O)(=O)c1ccc(Sc2ccc(C)cc2)nc1. The third kappa shape index (κ3) is 4.97. The standard InChI is InChI=1S/C15H17N3O3S2/c1-3-16-15(19)18-23(20,21)13-8-9-14(17-10-13)22-12-6-4-11(2)5-7-12/h4-10H,3H2,1-2H3,(H2,16,18,19). The Labute approximate surface area is 139 Å². The second-order valence-corrected chi connectivity index (χ2v) is 7.49. The summed E-state index contributed by atoms with van der Waals surface area (Å²) in [5, 5.41) is 3.04. The second kappa shape index (κ2) is 7.47. The van der Waals surface area contributed by atoms with Crippen molar-refractivity contribution in [1.29, 1.82) is 0 Å². The van der Waals surface area contributed by atoms with Crippen LogP contribution in [0.2, 0.25) is 0 Å². The number of aromatic nitrogens is 1. The van der Waals surface area contributed by atoms with Crippen LogP contribution in [0.1, 0.15) is 12.5 Å². The molecule has 1 aromatic carbocycles. The number of carbonyl (C=O) groups is 1. The number of urea groups is 1. The van der Waals surface area contributed by atoms with Crippen LogP contribution < -0.4 is 10.0 Å². The molecule has 0 atom stereocenters. The number of nitrogens with one attached hydrogen (secondary N) is 2. The highest BCUT2D eigenvalue weighted by atomic mass is 32.2. The molecule has 6 nitrogen and oxygen atoms in total. The first-order valence-electron chi connectivity index (χ1n) is 6.92. The van der Waals surface area contributed by atoms with E-state index in [1.807, 2.05) is 35.9 Å². The predicted molar refractivity (Wildman–Crippen MR) is 88.9 cm³/mol. The minimum atomic E-state index is -3.91. The van der Waals surface area contributed by atoms with Crippen LogP contribution >= 0.6 is 11.8 Å². The zero-order valence-electron chi connectivity index (χ0n) is 12.7. The van der Waals surface area contributed by atoms with E-state index in [-0.39, 0.29) is 4.90 Å². The van der Waals surface area contributed by atoms with Gasteiger partial charge in [0, 0.05) is 17.6 Å². The molecule has 0 fully saturated rings. The molecule has 0 spiro atoms. The average Bonchev–Trinajstić information content (AvgIpc) is 2.50. The molecule has 8 heteroatoms. The van der Waals surface area contributed by atoms with E-state index < -0.39 is 16.1 Å². The van der Waals surface area contributed by atoms with Crippen LogP contribution in [0.15, 0.2) is 57.4 Å². The Kier molecular flexibility index (Phi) is 5.62. The van der Waals surface area contributed by atoms with Crippen LogP contribution in [-0.4, -0.2) is 26.0 Å². The van der Waals surface area contributed by atoms with Gasteiger partial charge in [0.2, 0.25) is 0 Å². The molecule has 2 amide bonds. The van der Waals surface area contributed by atoms with E-state index in [4.69, 9.17) is 0 Å². The van der Waals surface area contributed by atoms with Gasteiger partial charge in [0.15, 0.2) is 0 Å². The number of rotatable bonds is 5. The molecule has 0 saturated carbocycles. The highest BCUT2D eigenvalue weighted by Crippen LogP contribution is 2.26. The van der Waals surface area contributed by atoms with Crippen LogP contribution in [0.3, 0.4) is 0 Å². The number of hydrogen-bond acceptors (Lipinski definition) is 5. The average molecular weight is 351 g/mol. The number of hydrogen-bond donors (Lipinski definition) is 2. The van der Waals surface area contributed by atoms with Crippen molar-refractivity contribution < 1.29 is 13.2 Å². The second-order valence-electron chi connectivity index (χ2n) is 4.71. The van der Waals surface area contributed by atoms with E-state index >= 15 is 0 Å². The molecule has 2 aromatic rings. The summed E-state index contributed by atoms with van der Waals surface area (Å²) in [6.07, 6.45) is 1.23. The number of amides is 2. The van der Waals surface area contributed by atoms with E-state index in [1.165, 1.54) is 29.6 Å². The van der Waals surface area contributed by atoms with Crippen molar-refractivity contribution in [2.24, 2.45) is 0 Å². The Morgan fingerprint density at radius 3 is 2.43 bits per heavy atom. The van der Waals surface area contributed by atoms with Crippen LogP contribution in [0.5, 0.6) is 0 Å². The van der Waals surface area contributed by atoms with Crippen LogP contribution in [-0.2, 0) is 10.0 Å². The summed E-state index contributed by atoms with van der Waals surface area (Å²) in [5.74, 6) is 0. The van der Waals surface area contributed by atoms with Crippen molar-refractivity contribution in [3.63, 3.8) is 0 Å². The van der Waals surface area contributed by atoms with Gasteiger partial charge in [-0.1, -0.05) is 29.5 Å². The molecule has 0 aliphatic carbocycles. The lowest BCUT2D eigenvalue weighted by Gasteiger charge is -2.07. The number of carbonyl (C=O) groups excluding carboxylic acids is 1. The molecule has 0 bridgehead atoms. The minimum Gasteiger partial charge on any atom is -0.338 e. The van der Waals surface area contributed by atoms with Gasteiger partial charge in [0.25, 0.3) is 10.0 Å². The van der Waals surface area contributed by atoms with Gasteiger partial charge in [-0.3, -0.25) is 0 Å². The maximum Gasteiger partial charge on any atom is 0.328 e. The van der Waals surface area contributed by atoms with Gasteiger partial charge < -0.3 is 5.32 Å². The van der Waals surface area contributed by atoms with Gasteiger partial charge in [-0.2, -0.15) is 0 Å². The number of aryl methyl sites for hydroxylation is 1. The predicted octanol–water partition coefficient (Wildman–Crippen LogP) is 2.55. The number of nitrogens with zero attached hydrogens (tertiary/aromatic N) is 1. The van der Waals surface area contributed by atoms with Gasteiger partial charge in [0.1, 0.15) is 9.92 Å². The molecule has 122 valence electrons. The first kappa shape index (κ1) is 17.3. The fourth-order valence-corrected chi connectivity index (χ4v) is 3.32. The van der Waals surface area contributed by atoms with E-state index in [1.54, 1.807) is 13.0 Å². The topological polar surface area (TPSA) is 88.2 Å². The van der Waals surface area contributed by atoms with Crippen molar-refractivity contribution in [3.05, 3.63) is 48.2 Å². The maximum absolute atomic E-state index is 12.0. The largest absolute Gasteiger partial charge is 0.338 e. The first-order valence-corrected chi connectivity index (χ1v) is 9.22. The number of benzene rings is 1. The summed E-state index contributed by atoms with van der Waals surface area (Å²) in [6, 6.07) is 10.2. The first-order chi connectivity index (χ1) is 10.9. The Hall–Kier alpha value is -2.06. The Morgan fingerprint density at radius 2 is 1.87 bits per heavy atom. The Bertz CT molecular complexity index is 773. The lowest BCUT2D eigenvalue weighted by molar-refractivity contribution is 0.246. The van der Waals surface area contributed by atoms with Crippen LogP contribution in [0, 0.1) is 6.92 Å².